The standard InChI is InChI=1S/C19H24N2O4S/c1-21(26(3,23)24)17-12-10-16(11-13-17)19(22)20-14-6-8-15-7-4-5-9-18(15)25-2/h4-5,7,9-13H,6,8,14H2,1-3H3,(H,20,22). The van der Waals surface area contributed by atoms with Gasteiger partial charge in [-0.2, -0.15) is 0 Å². The molecule has 0 unspecified atom stereocenters. The number of sulfonamides is 1. The predicted octanol–water partition coefficient (Wildman–Crippen LogP) is 2.45. The van der Waals surface area contributed by atoms with Crippen LogP contribution in [0.15, 0.2) is 48.5 Å². The van der Waals surface area contributed by atoms with Gasteiger partial charge in [0.25, 0.3) is 5.91 Å². The van der Waals surface area contributed by atoms with Gasteiger partial charge < -0.3 is 10.1 Å². The van der Waals surface area contributed by atoms with E-state index in [1.54, 1.807) is 31.4 Å². The summed E-state index contributed by atoms with van der Waals surface area (Å²) in [5.41, 5.74) is 2.12. The number of hydrogen-bond acceptors (Lipinski definition) is 4. The predicted molar refractivity (Wildman–Crippen MR) is 103 cm³/mol. The second-order valence-electron chi connectivity index (χ2n) is 5.95. The summed E-state index contributed by atoms with van der Waals surface area (Å²) in [4.78, 5) is 12.2. The number of benzene rings is 2. The second kappa shape index (κ2) is 8.71. The Labute approximate surface area is 154 Å². The van der Waals surface area contributed by atoms with Crippen molar-refractivity contribution in [1.29, 1.82) is 0 Å². The lowest BCUT2D eigenvalue weighted by molar-refractivity contribution is 0.0953. The zero-order valence-corrected chi connectivity index (χ0v) is 16.0. The Morgan fingerprint density at radius 2 is 1.77 bits per heavy atom. The molecule has 0 saturated carbocycles. The Morgan fingerprint density at radius 3 is 2.38 bits per heavy atom. The lowest BCUT2D eigenvalue weighted by atomic mass is 10.1. The second-order valence-corrected chi connectivity index (χ2v) is 7.96. The van der Waals surface area contributed by atoms with Crippen LogP contribution in [0.3, 0.4) is 0 Å². The average Bonchev–Trinajstić information content (AvgIpc) is 2.64. The van der Waals surface area contributed by atoms with E-state index in [9.17, 15) is 13.2 Å². The van der Waals surface area contributed by atoms with Gasteiger partial charge in [-0.25, -0.2) is 8.42 Å². The number of nitrogens with one attached hydrogen (secondary N) is 1. The highest BCUT2D eigenvalue weighted by molar-refractivity contribution is 7.92. The molecule has 7 heteroatoms. The van der Waals surface area contributed by atoms with Crippen molar-refractivity contribution in [2.75, 3.05) is 31.3 Å². The molecule has 6 nitrogen and oxygen atoms in total. The minimum absolute atomic E-state index is 0.182. The average molecular weight is 376 g/mol. The molecule has 0 radical (unpaired) electrons. The van der Waals surface area contributed by atoms with E-state index in [0.717, 1.165) is 30.4 Å². The fourth-order valence-corrected chi connectivity index (χ4v) is 3.01. The number of aryl methyl sites for hydroxylation is 1. The third kappa shape index (κ3) is 5.23. The number of ether oxygens (including phenoxy) is 1. The molecule has 0 aromatic heterocycles. The summed E-state index contributed by atoms with van der Waals surface area (Å²) < 4.78 is 29.5. The lowest BCUT2D eigenvalue weighted by Gasteiger charge is -2.16. The zero-order valence-electron chi connectivity index (χ0n) is 15.2. The quantitative estimate of drug-likeness (QED) is 0.718. The number of carbonyl (C=O) groups is 1. The monoisotopic (exact) mass is 376 g/mol. The Bertz CT molecular complexity index is 848. The molecular formula is C19H24N2O4S. The van der Waals surface area contributed by atoms with Crippen molar-refractivity contribution in [3.63, 3.8) is 0 Å². The van der Waals surface area contributed by atoms with Crippen molar-refractivity contribution in [3.8, 4) is 5.75 Å². The smallest absolute Gasteiger partial charge is 0.251 e. The molecule has 0 heterocycles. The highest BCUT2D eigenvalue weighted by Crippen LogP contribution is 2.19. The van der Waals surface area contributed by atoms with Gasteiger partial charge in [0.2, 0.25) is 10.0 Å². The molecule has 0 fully saturated rings. The maximum Gasteiger partial charge on any atom is 0.251 e. The lowest BCUT2D eigenvalue weighted by Crippen LogP contribution is -2.26. The highest BCUT2D eigenvalue weighted by atomic mass is 32.2. The SMILES string of the molecule is COc1ccccc1CCCNC(=O)c1ccc(N(C)S(C)(=O)=O)cc1. The number of nitrogens with zero attached hydrogens (tertiary/aromatic N) is 1. The number of para-hydroxylation sites is 1. The summed E-state index contributed by atoms with van der Waals surface area (Å²) in [5, 5.41) is 2.87. The van der Waals surface area contributed by atoms with Crippen LogP contribution in [0.2, 0.25) is 0 Å². The molecule has 0 bridgehead atoms. The van der Waals surface area contributed by atoms with Crippen LogP contribution in [0.1, 0.15) is 22.3 Å². The molecule has 26 heavy (non-hydrogen) atoms. The van der Waals surface area contributed by atoms with Gasteiger partial charge in [0.15, 0.2) is 0 Å². The fraction of sp³-hybridized carbons (Fsp3) is 0.316. The third-order valence-electron chi connectivity index (χ3n) is 4.09. The van der Waals surface area contributed by atoms with Crippen molar-refractivity contribution in [1.82, 2.24) is 5.32 Å². The Kier molecular flexibility index (Phi) is 6.63. The maximum absolute atomic E-state index is 12.2. The first-order valence-corrected chi connectivity index (χ1v) is 10.1. The topological polar surface area (TPSA) is 75.7 Å². The summed E-state index contributed by atoms with van der Waals surface area (Å²) in [6.45, 7) is 0.544. The van der Waals surface area contributed by atoms with Crippen molar-refractivity contribution in [2.45, 2.75) is 12.8 Å². The Balaban J connectivity index is 1.86. The van der Waals surface area contributed by atoms with E-state index < -0.39 is 10.0 Å². The van der Waals surface area contributed by atoms with Crippen LogP contribution in [0.25, 0.3) is 0 Å². The van der Waals surface area contributed by atoms with Gasteiger partial charge in [-0.3, -0.25) is 9.10 Å². The first-order chi connectivity index (χ1) is 12.3. The molecule has 140 valence electrons. The molecule has 0 saturated heterocycles. The van der Waals surface area contributed by atoms with Gasteiger partial charge in [-0.05, 0) is 48.7 Å². The number of carbonyl (C=O) groups excluding carboxylic acids is 1. The van der Waals surface area contributed by atoms with Crippen LogP contribution in [0.5, 0.6) is 5.75 Å². The minimum Gasteiger partial charge on any atom is -0.496 e. The van der Waals surface area contributed by atoms with Gasteiger partial charge >= 0.3 is 0 Å². The largest absolute Gasteiger partial charge is 0.496 e. The van der Waals surface area contributed by atoms with E-state index in [1.165, 1.54) is 11.4 Å². The van der Waals surface area contributed by atoms with Gasteiger partial charge in [0.1, 0.15) is 5.75 Å². The van der Waals surface area contributed by atoms with E-state index in [2.05, 4.69) is 5.32 Å². The number of amides is 1. The normalized spacial score (nSPS) is 11.0. The molecule has 1 amide bonds. The van der Waals surface area contributed by atoms with Crippen LogP contribution in [0.4, 0.5) is 5.69 Å². The van der Waals surface area contributed by atoms with E-state index >= 15 is 0 Å². The molecule has 0 aliphatic carbocycles. The summed E-state index contributed by atoms with van der Waals surface area (Å²) in [6.07, 6.45) is 2.73. The highest BCUT2D eigenvalue weighted by Gasteiger charge is 2.12. The fourth-order valence-electron chi connectivity index (χ4n) is 2.51. The molecule has 2 rings (SSSR count). The van der Waals surface area contributed by atoms with Crippen LogP contribution < -0.4 is 14.4 Å². The maximum atomic E-state index is 12.2. The van der Waals surface area contributed by atoms with Crippen LogP contribution in [-0.4, -0.2) is 41.3 Å². The molecule has 2 aromatic rings. The van der Waals surface area contributed by atoms with E-state index in [0.29, 0.717) is 17.8 Å². The summed E-state index contributed by atoms with van der Waals surface area (Å²) in [5.74, 6) is 0.669. The molecule has 0 aliphatic rings. The summed E-state index contributed by atoms with van der Waals surface area (Å²) in [6, 6.07) is 14.3. The van der Waals surface area contributed by atoms with Crippen molar-refractivity contribution < 1.29 is 17.9 Å². The number of rotatable bonds is 8. The summed E-state index contributed by atoms with van der Waals surface area (Å²) in [7, 11) is -0.197. The van der Waals surface area contributed by atoms with Crippen molar-refractivity contribution in [3.05, 3.63) is 59.7 Å². The van der Waals surface area contributed by atoms with Gasteiger partial charge in [0, 0.05) is 19.2 Å². The molecule has 0 atom stereocenters. The molecule has 0 spiro atoms. The van der Waals surface area contributed by atoms with Crippen molar-refractivity contribution >= 4 is 21.6 Å². The molecule has 0 aliphatic heterocycles. The van der Waals surface area contributed by atoms with Crippen LogP contribution >= 0.6 is 0 Å². The van der Waals surface area contributed by atoms with E-state index in [-0.39, 0.29) is 5.91 Å². The Morgan fingerprint density at radius 1 is 1.12 bits per heavy atom. The van der Waals surface area contributed by atoms with Gasteiger partial charge in [-0.15, -0.1) is 0 Å². The van der Waals surface area contributed by atoms with Crippen molar-refractivity contribution in [2.24, 2.45) is 0 Å². The first-order valence-electron chi connectivity index (χ1n) is 8.27. The number of methoxy groups -OCH3 is 1. The van der Waals surface area contributed by atoms with E-state index in [4.69, 9.17) is 4.74 Å². The minimum atomic E-state index is -3.32. The molecule has 1 N–H and O–H groups in total. The molecular weight excluding hydrogens is 352 g/mol. The zero-order chi connectivity index (χ0) is 19.2. The van der Waals surface area contributed by atoms with Crippen LogP contribution in [-0.2, 0) is 16.4 Å². The summed E-state index contributed by atoms with van der Waals surface area (Å²) >= 11 is 0. The van der Waals surface area contributed by atoms with Gasteiger partial charge in [-0.1, -0.05) is 18.2 Å². The van der Waals surface area contributed by atoms with Crippen LogP contribution in [0, 0.1) is 0 Å². The first kappa shape index (κ1) is 19.8. The van der Waals surface area contributed by atoms with E-state index in [1.807, 2.05) is 24.3 Å². The number of anilines is 1. The molecule has 2 aromatic carbocycles. The number of hydrogen-bond donors (Lipinski definition) is 1. The third-order valence-corrected chi connectivity index (χ3v) is 5.30. The Hall–Kier alpha value is -2.54. The van der Waals surface area contributed by atoms with Gasteiger partial charge in [0.05, 0.1) is 19.1 Å².